The van der Waals surface area contributed by atoms with E-state index in [1.807, 2.05) is 5.38 Å². The minimum Gasteiger partial charge on any atom is -0.339 e. The molecular formula is C23H22FN3O4S2. The average Bonchev–Trinajstić information content (AvgIpc) is 3.35. The first-order valence-electron chi connectivity index (χ1n) is 10.3. The van der Waals surface area contributed by atoms with Crippen LogP contribution in [0.5, 0.6) is 0 Å². The van der Waals surface area contributed by atoms with Gasteiger partial charge in [-0.25, -0.2) is 17.5 Å². The van der Waals surface area contributed by atoms with Crippen molar-refractivity contribution in [3.63, 3.8) is 0 Å². The van der Waals surface area contributed by atoms with Crippen molar-refractivity contribution in [2.75, 3.05) is 18.4 Å². The number of halogens is 1. The quantitative estimate of drug-likeness (QED) is 0.554. The zero-order chi connectivity index (χ0) is 23.4. The van der Waals surface area contributed by atoms with Crippen molar-refractivity contribution >= 4 is 38.9 Å². The van der Waals surface area contributed by atoms with E-state index in [0.717, 1.165) is 12.1 Å². The Labute approximate surface area is 195 Å². The lowest BCUT2D eigenvalue weighted by Crippen LogP contribution is -2.46. The summed E-state index contributed by atoms with van der Waals surface area (Å²) in [5.41, 5.74) is 0.977. The number of rotatable bonds is 6. The number of carbonyl (C=O) groups is 2. The van der Waals surface area contributed by atoms with E-state index in [2.05, 4.69) is 10.0 Å². The van der Waals surface area contributed by atoms with Crippen molar-refractivity contribution in [1.82, 2.24) is 9.62 Å². The highest BCUT2D eigenvalue weighted by Gasteiger charge is 2.27. The molecule has 1 fully saturated rings. The predicted molar refractivity (Wildman–Crippen MR) is 124 cm³/mol. The number of amides is 2. The topological polar surface area (TPSA) is 95.6 Å². The number of sulfonamides is 1. The fraction of sp³-hybridized carbons (Fsp3) is 0.217. The van der Waals surface area contributed by atoms with E-state index in [1.165, 1.54) is 23.5 Å². The van der Waals surface area contributed by atoms with Gasteiger partial charge in [0.1, 0.15) is 5.82 Å². The average molecular weight is 488 g/mol. The van der Waals surface area contributed by atoms with Crippen molar-refractivity contribution < 1.29 is 22.4 Å². The van der Waals surface area contributed by atoms with Gasteiger partial charge in [-0.05, 0) is 66.8 Å². The van der Waals surface area contributed by atoms with Gasteiger partial charge in [0.25, 0.3) is 11.8 Å². The number of hydrogen-bond donors (Lipinski definition) is 2. The molecule has 3 aromatic rings. The number of hydrogen-bond acceptors (Lipinski definition) is 5. The second-order valence-corrected chi connectivity index (χ2v) is 10.3. The molecular weight excluding hydrogens is 465 g/mol. The van der Waals surface area contributed by atoms with E-state index in [4.69, 9.17) is 0 Å². The lowest BCUT2D eigenvalue weighted by molar-refractivity contribution is 0.0711. The van der Waals surface area contributed by atoms with Gasteiger partial charge in [0.05, 0.1) is 9.77 Å². The number of piperidine rings is 1. The van der Waals surface area contributed by atoms with Crippen LogP contribution in [0.25, 0.3) is 0 Å². The lowest BCUT2D eigenvalue weighted by Gasteiger charge is -2.32. The third kappa shape index (κ3) is 5.65. The fourth-order valence-corrected chi connectivity index (χ4v) is 5.54. The van der Waals surface area contributed by atoms with Crippen molar-refractivity contribution in [2.24, 2.45) is 0 Å². The zero-order valence-electron chi connectivity index (χ0n) is 17.5. The van der Waals surface area contributed by atoms with Gasteiger partial charge < -0.3 is 10.2 Å². The number of anilines is 1. The van der Waals surface area contributed by atoms with Crippen LogP contribution in [0.4, 0.5) is 10.1 Å². The number of nitrogens with one attached hydrogen (secondary N) is 2. The fourth-order valence-electron chi connectivity index (χ4n) is 3.61. The second-order valence-electron chi connectivity index (χ2n) is 7.65. The molecule has 10 heteroatoms. The van der Waals surface area contributed by atoms with E-state index in [9.17, 15) is 22.4 Å². The van der Waals surface area contributed by atoms with Crippen LogP contribution in [0.3, 0.4) is 0 Å². The summed E-state index contributed by atoms with van der Waals surface area (Å²) in [6.45, 7) is 0.780. The van der Waals surface area contributed by atoms with Gasteiger partial charge in [-0.3, -0.25) is 9.59 Å². The Morgan fingerprint density at radius 3 is 2.39 bits per heavy atom. The van der Waals surface area contributed by atoms with E-state index < -0.39 is 15.8 Å². The Bertz CT molecular complexity index is 1240. The number of nitrogens with zero attached hydrogens (tertiary/aromatic N) is 1. The van der Waals surface area contributed by atoms with Crippen LogP contribution in [0, 0.1) is 5.82 Å². The maximum absolute atomic E-state index is 13.1. The summed E-state index contributed by atoms with van der Waals surface area (Å²) in [6, 6.07) is 14.6. The minimum absolute atomic E-state index is 0.00353. The van der Waals surface area contributed by atoms with Gasteiger partial charge in [-0.2, -0.15) is 0 Å². The van der Waals surface area contributed by atoms with Crippen LogP contribution in [-0.4, -0.2) is 44.3 Å². The number of carbonyl (C=O) groups excluding carboxylic acids is 2. The molecule has 0 saturated carbocycles. The van der Waals surface area contributed by atoms with Crippen LogP contribution in [0.2, 0.25) is 0 Å². The number of benzene rings is 2. The van der Waals surface area contributed by atoms with Gasteiger partial charge in [0, 0.05) is 30.4 Å². The number of thiophene rings is 1. The van der Waals surface area contributed by atoms with Gasteiger partial charge >= 0.3 is 0 Å². The van der Waals surface area contributed by atoms with Crippen LogP contribution in [0.1, 0.15) is 32.9 Å². The molecule has 1 aromatic heterocycles. The van der Waals surface area contributed by atoms with Gasteiger partial charge in [-0.15, -0.1) is 11.3 Å². The Hall–Kier alpha value is -3.08. The summed E-state index contributed by atoms with van der Waals surface area (Å²) in [5.74, 6) is -0.915. The molecule has 0 aliphatic carbocycles. The van der Waals surface area contributed by atoms with Crippen molar-refractivity contribution in [2.45, 2.75) is 23.8 Å². The first-order chi connectivity index (χ1) is 15.8. The molecule has 172 valence electrons. The molecule has 4 rings (SSSR count). The van der Waals surface area contributed by atoms with E-state index in [1.54, 1.807) is 41.3 Å². The monoisotopic (exact) mass is 487 g/mol. The summed E-state index contributed by atoms with van der Waals surface area (Å²) in [6.07, 6.45) is 0.919. The molecule has 0 radical (unpaired) electrons. The van der Waals surface area contributed by atoms with Crippen LogP contribution in [0.15, 0.2) is 70.9 Å². The molecule has 2 aromatic carbocycles. The molecule has 0 bridgehead atoms. The smallest absolute Gasteiger partial charge is 0.265 e. The second kappa shape index (κ2) is 9.82. The standard InChI is InChI=1S/C23H22FN3O4S2/c24-17-6-8-20(9-7-17)33(30,31)26-18-10-12-27(13-11-18)23(29)16-3-1-4-19(15-16)25-22(28)21-5-2-14-32-21/h1-9,14-15,18,26H,10-13H2,(H,25,28). The largest absolute Gasteiger partial charge is 0.339 e. The zero-order valence-corrected chi connectivity index (χ0v) is 19.2. The van der Waals surface area contributed by atoms with Gasteiger partial charge in [0.15, 0.2) is 0 Å². The highest BCUT2D eigenvalue weighted by Crippen LogP contribution is 2.20. The maximum atomic E-state index is 13.1. The normalized spacial score (nSPS) is 14.8. The summed E-state index contributed by atoms with van der Waals surface area (Å²) in [4.78, 5) is 27.5. The van der Waals surface area contributed by atoms with E-state index in [-0.39, 0.29) is 22.8 Å². The Morgan fingerprint density at radius 1 is 1.00 bits per heavy atom. The summed E-state index contributed by atoms with van der Waals surface area (Å²) in [7, 11) is -3.76. The van der Waals surface area contributed by atoms with Crippen LogP contribution in [-0.2, 0) is 10.0 Å². The third-order valence-corrected chi connectivity index (χ3v) is 7.75. The van der Waals surface area contributed by atoms with E-state index in [0.29, 0.717) is 42.1 Å². The summed E-state index contributed by atoms with van der Waals surface area (Å²) >= 11 is 1.33. The Morgan fingerprint density at radius 2 is 1.73 bits per heavy atom. The SMILES string of the molecule is O=C(Nc1cccc(C(=O)N2CCC(NS(=O)(=O)c3ccc(F)cc3)CC2)c1)c1cccs1. The molecule has 0 spiro atoms. The molecule has 1 saturated heterocycles. The molecule has 1 aliphatic rings. The van der Waals surface area contributed by atoms with Crippen LogP contribution < -0.4 is 10.0 Å². The molecule has 2 heterocycles. The molecule has 2 N–H and O–H groups in total. The number of likely N-dealkylation sites (tertiary alicyclic amines) is 1. The maximum Gasteiger partial charge on any atom is 0.265 e. The minimum atomic E-state index is -3.76. The van der Waals surface area contributed by atoms with Gasteiger partial charge in [-0.1, -0.05) is 12.1 Å². The van der Waals surface area contributed by atoms with Crippen LogP contribution >= 0.6 is 11.3 Å². The van der Waals surface area contributed by atoms with E-state index >= 15 is 0 Å². The molecule has 0 unspecified atom stereocenters. The first kappa shape index (κ1) is 23.1. The lowest BCUT2D eigenvalue weighted by atomic mass is 10.0. The first-order valence-corrected chi connectivity index (χ1v) is 12.7. The summed E-state index contributed by atoms with van der Waals surface area (Å²) < 4.78 is 40.7. The Balaban J connectivity index is 1.34. The summed E-state index contributed by atoms with van der Waals surface area (Å²) in [5, 5.41) is 4.61. The third-order valence-electron chi connectivity index (χ3n) is 5.34. The molecule has 0 atom stereocenters. The van der Waals surface area contributed by atoms with Crippen molar-refractivity contribution in [3.8, 4) is 0 Å². The van der Waals surface area contributed by atoms with Gasteiger partial charge in [0.2, 0.25) is 10.0 Å². The molecule has 7 nitrogen and oxygen atoms in total. The van der Waals surface area contributed by atoms with Crippen molar-refractivity contribution in [1.29, 1.82) is 0 Å². The molecule has 2 amide bonds. The highest BCUT2D eigenvalue weighted by atomic mass is 32.2. The van der Waals surface area contributed by atoms with Crippen molar-refractivity contribution in [3.05, 3.63) is 82.3 Å². The highest BCUT2D eigenvalue weighted by molar-refractivity contribution is 7.89. The molecule has 33 heavy (non-hydrogen) atoms. The molecule has 1 aliphatic heterocycles. The Kier molecular flexibility index (Phi) is 6.87. The predicted octanol–water partition coefficient (Wildman–Crippen LogP) is 3.72.